The van der Waals surface area contributed by atoms with Crippen LogP contribution in [-0.4, -0.2) is 38.8 Å². The molecule has 0 fully saturated rings. The number of rotatable bonds is 4. The fraction of sp³-hybridized carbons (Fsp3) is 0.261. The lowest BCUT2D eigenvalue weighted by Crippen LogP contribution is -2.49. The number of nitrogens with zero attached hydrogens (tertiary/aromatic N) is 1. The predicted molar refractivity (Wildman–Crippen MR) is 122 cm³/mol. The molecule has 2 amide bonds. The topological polar surface area (TPSA) is 102 Å². The molecule has 1 aliphatic heterocycles. The molecule has 2 aromatic carbocycles. The van der Waals surface area contributed by atoms with E-state index in [1.165, 1.54) is 4.90 Å². The molecule has 4 rings (SSSR count). The van der Waals surface area contributed by atoms with Crippen molar-refractivity contribution in [2.75, 3.05) is 0 Å². The summed E-state index contributed by atoms with van der Waals surface area (Å²) in [6.07, 6.45) is 0.570. The predicted octanol–water partition coefficient (Wildman–Crippen LogP) is 4.69. The Labute approximate surface area is 194 Å². The molecule has 0 radical (unpaired) electrons. The zero-order valence-corrected chi connectivity index (χ0v) is 19.1. The third-order valence-corrected chi connectivity index (χ3v) is 5.83. The second kappa shape index (κ2) is 7.83. The number of hydrogen-bond donors (Lipinski definition) is 3. The maximum atomic E-state index is 13.4. The Hall–Kier alpha value is -3.03. The molecule has 3 aromatic rings. The van der Waals surface area contributed by atoms with E-state index in [1.54, 1.807) is 36.4 Å². The molecule has 1 unspecified atom stereocenters. The van der Waals surface area contributed by atoms with Gasteiger partial charge in [0.25, 0.3) is 0 Å². The Bertz CT molecular complexity index is 1240. The van der Waals surface area contributed by atoms with Crippen LogP contribution >= 0.6 is 23.2 Å². The van der Waals surface area contributed by atoms with Gasteiger partial charge in [-0.3, -0.25) is 9.59 Å². The Morgan fingerprint density at radius 2 is 1.78 bits per heavy atom. The number of halogens is 2. The van der Waals surface area contributed by atoms with Crippen LogP contribution in [0, 0.1) is 0 Å². The number of benzene rings is 2. The van der Waals surface area contributed by atoms with Crippen LogP contribution in [0.5, 0.6) is 0 Å². The molecule has 7 nitrogen and oxygen atoms in total. The Kier molecular flexibility index (Phi) is 5.43. The van der Waals surface area contributed by atoms with E-state index in [0.29, 0.717) is 38.5 Å². The molecule has 2 heterocycles. The van der Waals surface area contributed by atoms with Gasteiger partial charge in [-0.15, -0.1) is 0 Å². The Morgan fingerprint density at radius 1 is 1.12 bits per heavy atom. The molecule has 0 aliphatic carbocycles. The van der Waals surface area contributed by atoms with Gasteiger partial charge in [0.05, 0.1) is 6.04 Å². The van der Waals surface area contributed by atoms with Crippen LogP contribution in [0.2, 0.25) is 10.0 Å². The lowest BCUT2D eigenvalue weighted by molar-refractivity contribution is -0.136. The van der Waals surface area contributed by atoms with Gasteiger partial charge in [-0.1, -0.05) is 35.3 Å². The number of carbonyl (C=O) groups excluding carboxylic acids is 2. The van der Waals surface area contributed by atoms with Crippen LogP contribution in [0.25, 0.3) is 10.9 Å². The van der Waals surface area contributed by atoms with Crippen molar-refractivity contribution < 1.29 is 19.5 Å². The smallest absolute Gasteiger partial charge is 0.352 e. The van der Waals surface area contributed by atoms with Gasteiger partial charge in [0.2, 0.25) is 12.3 Å². The minimum Gasteiger partial charge on any atom is -0.477 e. The number of hydrogen-bond acceptors (Lipinski definition) is 3. The first kappa shape index (κ1) is 22.2. The van der Waals surface area contributed by atoms with Crippen LogP contribution in [0.15, 0.2) is 36.4 Å². The second-order valence-corrected chi connectivity index (χ2v) is 9.66. The molecule has 3 N–H and O–H groups in total. The first-order valence-corrected chi connectivity index (χ1v) is 10.7. The summed E-state index contributed by atoms with van der Waals surface area (Å²) in [5, 5.41) is 14.2. The first-order valence-electron chi connectivity index (χ1n) is 9.90. The van der Waals surface area contributed by atoms with E-state index >= 15 is 0 Å². The number of nitrogens with one attached hydrogen (secondary N) is 2. The molecule has 32 heavy (non-hydrogen) atoms. The average molecular weight is 474 g/mol. The summed E-state index contributed by atoms with van der Waals surface area (Å²) in [5.74, 6) is -1.71. The molecule has 0 saturated carbocycles. The molecule has 2 atom stereocenters. The van der Waals surface area contributed by atoms with E-state index in [4.69, 9.17) is 23.2 Å². The molecule has 166 valence electrons. The van der Waals surface area contributed by atoms with E-state index in [0.717, 1.165) is 0 Å². The third kappa shape index (κ3) is 3.72. The number of aromatic carboxylic acids is 1. The zero-order valence-electron chi connectivity index (χ0n) is 17.6. The highest BCUT2D eigenvalue weighted by molar-refractivity contribution is 6.31. The van der Waals surface area contributed by atoms with Crippen molar-refractivity contribution in [3.05, 3.63) is 68.8 Å². The number of carboxylic acid groups (broad SMARTS) is 1. The highest BCUT2D eigenvalue weighted by Crippen LogP contribution is 2.48. The maximum absolute atomic E-state index is 13.4. The Morgan fingerprint density at radius 3 is 2.34 bits per heavy atom. The van der Waals surface area contributed by atoms with Crippen molar-refractivity contribution in [1.82, 2.24) is 15.2 Å². The molecular weight excluding hydrogens is 453 g/mol. The third-order valence-electron chi connectivity index (χ3n) is 5.36. The summed E-state index contributed by atoms with van der Waals surface area (Å²) in [7, 11) is 0. The molecule has 1 aliphatic rings. The maximum Gasteiger partial charge on any atom is 0.352 e. The summed E-state index contributed by atoms with van der Waals surface area (Å²) in [6.45, 7) is 5.44. The second-order valence-electron chi connectivity index (χ2n) is 8.78. The summed E-state index contributed by atoms with van der Waals surface area (Å²) < 4.78 is 0. The van der Waals surface area contributed by atoms with Gasteiger partial charge in [0, 0.05) is 32.1 Å². The normalized spacial score (nSPS) is 18.0. The number of amides is 2. The molecule has 9 heteroatoms. The van der Waals surface area contributed by atoms with Gasteiger partial charge in [-0.2, -0.15) is 0 Å². The fourth-order valence-corrected chi connectivity index (χ4v) is 4.65. The van der Waals surface area contributed by atoms with Crippen molar-refractivity contribution >= 4 is 52.4 Å². The molecule has 0 bridgehead atoms. The minimum atomic E-state index is -1.23. The van der Waals surface area contributed by atoms with E-state index < -0.39 is 29.5 Å². The van der Waals surface area contributed by atoms with Gasteiger partial charge in [-0.25, -0.2) is 4.79 Å². The van der Waals surface area contributed by atoms with Crippen LogP contribution in [0.4, 0.5) is 0 Å². The van der Waals surface area contributed by atoms with Crippen LogP contribution in [0.3, 0.4) is 0 Å². The van der Waals surface area contributed by atoms with Crippen molar-refractivity contribution in [3.8, 4) is 0 Å². The summed E-state index contributed by atoms with van der Waals surface area (Å²) in [6, 6.07) is 8.40. The SMILES string of the molecule is CC(C)(C)NC(=O)C1c2c(C(=O)O)[nH]c3cc(Cl)cc(c23)[C@H](c2ccc(Cl)cc2)N1C=O. The van der Waals surface area contributed by atoms with Crippen LogP contribution in [-0.2, 0) is 9.59 Å². The largest absolute Gasteiger partial charge is 0.477 e. The number of H-pyrrole nitrogens is 1. The van der Waals surface area contributed by atoms with Gasteiger partial charge < -0.3 is 20.3 Å². The number of carbonyl (C=O) groups is 3. The van der Waals surface area contributed by atoms with Crippen molar-refractivity contribution in [3.63, 3.8) is 0 Å². The monoisotopic (exact) mass is 473 g/mol. The highest BCUT2D eigenvalue weighted by atomic mass is 35.5. The van der Waals surface area contributed by atoms with Gasteiger partial charge >= 0.3 is 5.97 Å². The summed E-state index contributed by atoms with van der Waals surface area (Å²) in [5.41, 5.74) is 1.30. The van der Waals surface area contributed by atoms with Crippen molar-refractivity contribution in [2.45, 2.75) is 38.4 Å². The van der Waals surface area contributed by atoms with Gasteiger partial charge in [-0.05, 0) is 56.2 Å². The fourth-order valence-electron chi connectivity index (χ4n) is 4.29. The molecule has 0 saturated heterocycles. The van der Waals surface area contributed by atoms with Gasteiger partial charge in [0.15, 0.2) is 0 Å². The van der Waals surface area contributed by atoms with Gasteiger partial charge in [0.1, 0.15) is 11.7 Å². The summed E-state index contributed by atoms with van der Waals surface area (Å²) in [4.78, 5) is 42.2. The van der Waals surface area contributed by atoms with Crippen molar-refractivity contribution in [2.24, 2.45) is 0 Å². The highest BCUT2D eigenvalue weighted by Gasteiger charge is 2.44. The van der Waals surface area contributed by atoms with E-state index in [-0.39, 0.29) is 11.3 Å². The minimum absolute atomic E-state index is 0.154. The van der Waals surface area contributed by atoms with E-state index in [1.807, 2.05) is 20.8 Å². The standard InChI is InChI=1S/C23H21Cl2N3O4/c1-23(2,3)27-21(30)20-17-16-14(8-13(25)9-15(16)26-18(17)22(31)32)19(28(20)10-29)11-4-6-12(24)7-5-11/h4-10,19-20,26H,1-3H3,(H,27,30)(H,31,32)/t19-,20?/m0/s1. The molecule has 1 aromatic heterocycles. The lowest BCUT2D eigenvalue weighted by Gasteiger charge is -2.40. The van der Waals surface area contributed by atoms with Crippen LogP contribution in [0.1, 0.15) is 60.0 Å². The molecule has 0 spiro atoms. The quantitative estimate of drug-likeness (QED) is 0.478. The first-order chi connectivity index (χ1) is 15.0. The lowest BCUT2D eigenvalue weighted by atomic mass is 9.84. The number of aromatic amines is 1. The number of carboxylic acids is 1. The Balaban J connectivity index is 2.07. The van der Waals surface area contributed by atoms with E-state index in [2.05, 4.69) is 10.3 Å². The average Bonchev–Trinajstić information content (AvgIpc) is 3.07. The van der Waals surface area contributed by atoms with Crippen LogP contribution < -0.4 is 5.32 Å². The van der Waals surface area contributed by atoms with Crippen molar-refractivity contribution in [1.29, 1.82) is 0 Å². The van der Waals surface area contributed by atoms with E-state index in [9.17, 15) is 19.5 Å². The zero-order chi connectivity index (χ0) is 23.4. The number of aromatic nitrogens is 1. The summed E-state index contributed by atoms with van der Waals surface area (Å²) >= 11 is 12.4. The molecular formula is C23H21Cl2N3O4.